The molecule has 30 heavy (non-hydrogen) atoms. The predicted octanol–water partition coefficient (Wildman–Crippen LogP) is 8.23. The van der Waals surface area contributed by atoms with Crippen molar-refractivity contribution in [3.63, 3.8) is 0 Å². The van der Waals surface area contributed by atoms with Crippen molar-refractivity contribution in [2.24, 2.45) is 0 Å². The number of allylic oxidation sites excluding steroid dienone is 2. The molecule has 0 bridgehead atoms. The number of hydrogen-bond donors (Lipinski definition) is 0. The molecule has 4 rings (SSSR count). The van der Waals surface area contributed by atoms with Crippen LogP contribution in [0.2, 0.25) is 0 Å². The van der Waals surface area contributed by atoms with E-state index in [-0.39, 0.29) is 16.0 Å². The number of alkyl halides is 6. The van der Waals surface area contributed by atoms with Crippen LogP contribution in [0.1, 0.15) is 25.8 Å². The summed E-state index contributed by atoms with van der Waals surface area (Å²) in [5.41, 5.74) is -1.85. The third-order valence-corrected chi connectivity index (χ3v) is 7.45. The van der Waals surface area contributed by atoms with Crippen molar-refractivity contribution in [2.45, 2.75) is 38.5 Å². The van der Waals surface area contributed by atoms with Crippen LogP contribution in [-0.2, 0) is 0 Å². The van der Waals surface area contributed by atoms with E-state index in [1.807, 2.05) is 0 Å². The molecule has 2 heterocycles. The van der Waals surface area contributed by atoms with Gasteiger partial charge in [0.15, 0.2) is 0 Å². The van der Waals surface area contributed by atoms with E-state index in [0.717, 1.165) is 22.7 Å². The lowest BCUT2D eigenvalue weighted by Crippen LogP contribution is -2.48. The second kappa shape index (κ2) is 6.72. The minimum absolute atomic E-state index is 0.242. The Balaban J connectivity index is 2.05. The van der Waals surface area contributed by atoms with Crippen molar-refractivity contribution in [1.82, 2.24) is 0 Å². The minimum atomic E-state index is -5.53. The molecule has 0 fully saturated rings. The van der Waals surface area contributed by atoms with Gasteiger partial charge in [-0.2, -0.15) is 26.3 Å². The van der Waals surface area contributed by atoms with Gasteiger partial charge < -0.3 is 0 Å². The quantitative estimate of drug-likeness (QED) is 0.347. The average molecular weight is 458 g/mol. The highest BCUT2D eigenvalue weighted by Crippen LogP contribution is 2.66. The number of rotatable bonds is 3. The Morgan fingerprint density at radius 3 is 1.90 bits per heavy atom. The van der Waals surface area contributed by atoms with E-state index < -0.39 is 28.9 Å². The predicted molar refractivity (Wildman–Crippen MR) is 110 cm³/mol. The van der Waals surface area contributed by atoms with E-state index in [1.165, 1.54) is 19.9 Å². The molecule has 3 aromatic rings. The van der Waals surface area contributed by atoms with Gasteiger partial charge in [-0.25, -0.2) is 0 Å². The fourth-order valence-corrected chi connectivity index (χ4v) is 5.93. The molecule has 0 atom stereocenters. The van der Waals surface area contributed by atoms with Crippen molar-refractivity contribution >= 4 is 33.8 Å². The molecular weight excluding hydrogens is 442 g/mol. The second-order valence-corrected chi connectivity index (χ2v) is 9.80. The number of aryl methyl sites for hydroxylation is 3. The average Bonchev–Trinajstić information content (AvgIpc) is 3.23. The third-order valence-electron chi connectivity index (χ3n) is 5.18. The van der Waals surface area contributed by atoms with Crippen molar-refractivity contribution in [2.75, 3.05) is 0 Å². The zero-order chi connectivity index (χ0) is 22.1. The highest BCUT2D eigenvalue weighted by atomic mass is 32.1. The summed E-state index contributed by atoms with van der Waals surface area (Å²) in [6, 6.07) is 11.6. The van der Waals surface area contributed by atoms with Crippen molar-refractivity contribution in [3.8, 4) is 10.4 Å². The largest absolute Gasteiger partial charge is 0.380 e. The Morgan fingerprint density at radius 2 is 1.33 bits per heavy atom. The first-order valence-electron chi connectivity index (χ1n) is 9.02. The van der Waals surface area contributed by atoms with Crippen molar-refractivity contribution in [1.29, 1.82) is 0 Å². The monoisotopic (exact) mass is 458 g/mol. The maximum absolute atomic E-state index is 15.0. The number of halogens is 6. The lowest BCUT2D eigenvalue weighted by atomic mass is 9.97. The summed E-state index contributed by atoms with van der Waals surface area (Å²) in [5, 5.41) is 0. The molecule has 1 aromatic carbocycles. The van der Waals surface area contributed by atoms with Crippen LogP contribution >= 0.6 is 22.7 Å². The van der Waals surface area contributed by atoms with Crippen molar-refractivity contribution in [3.05, 3.63) is 68.2 Å². The highest BCUT2D eigenvalue weighted by molar-refractivity contribution is 7.17. The fourth-order valence-electron chi connectivity index (χ4n) is 3.74. The standard InChI is InChI=1S/C22H16F6S2/c1-11-9-16(14-7-5-4-6-8-14)30-19(11)18-17(15-10-12(2)29-13(15)3)20(23,24)22(27,28)21(18,25)26/h4-10H,1-3H3. The lowest BCUT2D eigenvalue weighted by Gasteiger charge is -2.25. The van der Waals surface area contributed by atoms with E-state index >= 15 is 0 Å². The second-order valence-electron chi connectivity index (χ2n) is 7.29. The normalized spacial score (nSPS) is 19.5. The van der Waals surface area contributed by atoms with E-state index in [1.54, 1.807) is 43.3 Å². The molecule has 0 N–H and O–H groups in total. The molecule has 8 heteroatoms. The molecule has 0 radical (unpaired) electrons. The molecule has 1 aliphatic rings. The van der Waals surface area contributed by atoms with Crippen LogP contribution in [0.5, 0.6) is 0 Å². The number of benzene rings is 1. The van der Waals surface area contributed by atoms with Crippen LogP contribution in [-0.4, -0.2) is 17.8 Å². The van der Waals surface area contributed by atoms with E-state index in [4.69, 9.17) is 0 Å². The van der Waals surface area contributed by atoms with Crippen molar-refractivity contribution < 1.29 is 26.3 Å². The molecular formula is C22H16F6S2. The highest BCUT2D eigenvalue weighted by Gasteiger charge is 2.80. The topological polar surface area (TPSA) is 0 Å². The smallest absolute Gasteiger partial charge is 0.194 e. The molecule has 0 saturated carbocycles. The SMILES string of the molecule is Cc1cc(C2=C(c3sc(-c4ccccc4)cc3C)C(F)(F)C(F)(F)C2(F)F)c(C)s1. The number of hydrogen-bond acceptors (Lipinski definition) is 2. The van der Waals surface area contributed by atoms with Crippen LogP contribution in [0.3, 0.4) is 0 Å². The maximum atomic E-state index is 15.0. The molecule has 2 aromatic heterocycles. The lowest BCUT2D eigenvalue weighted by molar-refractivity contribution is -0.254. The zero-order valence-corrected chi connectivity index (χ0v) is 17.8. The van der Waals surface area contributed by atoms with Gasteiger partial charge in [0.25, 0.3) is 0 Å². The molecule has 0 saturated heterocycles. The molecule has 0 unspecified atom stereocenters. The van der Waals surface area contributed by atoms with Crippen LogP contribution < -0.4 is 0 Å². The summed E-state index contributed by atoms with van der Waals surface area (Å²) < 4.78 is 88.5. The summed E-state index contributed by atoms with van der Waals surface area (Å²) in [6.07, 6.45) is 0. The van der Waals surface area contributed by atoms with Gasteiger partial charge in [0.05, 0.1) is 5.57 Å². The van der Waals surface area contributed by atoms with Gasteiger partial charge in [-0.05, 0) is 49.6 Å². The van der Waals surface area contributed by atoms with Gasteiger partial charge in [0.2, 0.25) is 0 Å². The minimum Gasteiger partial charge on any atom is -0.194 e. The first-order chi connectivity index (χ1) is 13.9. The van der Waals surface area contributed by atoms with Gasteiger partial charge in [0, 0.05) is 25.1 Å². The van der Waals surface area contributed by atoms with Gasteiger partial charge in [-0.1, -0.05) is 30.3 Å². The zero-order valence-electron chi connectivity index (χ0n) is 16.1. The van der Waals surface area contributed by atoms with Crippen LogP contribution in [0, 0.1) is 20.8 Å². The molecule has 158 valence electrons. The molecule has 1 aliphatic carbocycles. The van der Waals surface area contributed by atoms with E-state index in [0.29, 0.717) is 20.2 Å². The van der Waals surface area contributed by atoms with Crippen LogP contribution in [0.15, 0.2) is 42.5 Å². The van der Waals surface area contributed by atoms with Gasteiger partial charge in [-0.15, -0.1) is 22.7 Å². The fraction of sp³-hybridized carbons (Fsp3) is 0.273. The van der Waals surface area contributed by atoms with Gasteiger partial charge >= 0.3 is 17.8 Å². The van der Waals surface area contributed by atoms with E-state index in [9.17, 15) is 26.3 Å². The van der Waals surface area contributed by atoms with Crippen LogP contribution in [0.25, 0.3) is 21.6 Å². The summed E-state index contributed by atoms with van der Waals surface area (Å²) in [7, 11) is 0. The first-order valence-corrected chi connectivity index (χ1v) is 10.6. The summed E-state index contributed by atoms with van der Waals surface area (Å²) in [6.45, 7) is 4.56. The molecule has 0 aliphatic heterocycles. The molecule has 0 amide bonds. The van der Waals surface area contributed by atoms with Crippen LogP contribution in [0.4, 0.5) is 26.3 Å². The number of thiophene rings is 2. The Kier molecular flexibility index (Phi) is 4.74. The van der Waals surface area contributed by atoms with Gasteiger partial charge in [-0.3, -0.25) is 0 Å². The maximum Gasteiger partial charge on any atom is 0.380 e. The Hall–Kier alpha value is -2.06. The Labute approximate surface area is 177 Å². The summed E-state index contributed by atoms with van der Waals surface area (Å²) in [4.78, 5) is 1.18. The third kappa shape index (κ3) is 2.80. The molecule has 0 spiro atoms. The van der Waals surface area contributed by atoms with E-state index in [2.05, 4.69) is 0 Å². The molecule has 0 nitrogen and oxygen atoms in total. The first kappa shape index (κ1) is 21.2. The summed E-state index contributed by atoms with van der Waals surface area (Å²) >= 11 is 1.93. The Morgan fingerprint density at radius 1 is 0.733 bits per heavy atom. The Bertz CT molecular complexity index is 1150. The summed E-state index contributed by atoms with van der Waals surface area (Å²) in [5.74, 6) is -15.6. The van der Waals surface area contributed by atoms with Gasteiger partial charge in [0.1, 0.15) is 0 Å².